The monoisotopic (exact) mass is 461 g/mol. The number of likely N-dealkylation sites (tertiary alicyclic amines) is 2. The lowest BCUT2D eigenvalue weighted by Crippen LogP contribution is -2.49. The zero-order chi connectivity index (χ0) is 23.3. The van der Waals surface area contributed by atoms with Crippen molar-refractivity contribution in [1.82, 2.24) is 20.4 Å². The van der Waals surface area contributed by atoms with E-state index >= 15 is 0 Å². The first-order valence-electron chi connectivity index (χ1n) is 12.4. The highest BCUT2D eigenvalue weighted by atomic mass is 16.5. The van der Waals surface area contributed by atoms with Crippen molar-refractivity contribution in [2.24, 2.45) is 0 Å². The number of amides is 1. The largest absolute Gasteiger partial charge is 0.497 e. The molecule has 0 saturated carbocycles. The third kappa shape index (κ3) is 5.21. The predicted octanol–water partition coefficient (Wildman–Crippen LogP) is 3.33. The number of rotatable bonds is 7. The average Bonchev–Trinajstić information content (AvgIpc) is 3.57. The molecule has 2 atom stereocenters. The molecule has 3 aliphatic rings. The number of carbonyl (C=O) groups excluding carboxylic acids is 1. The molecule has 3 N–H and O–H groups in total. The van der Waals surface area contributed by atoms with Crippen LogP contribution in [-0.2, 0) is 0 Å². The molecule has 0 aromatic heterocycles. The van der Waals surface area contributed by atoms with E-state index in [9.17, 15) is 4.79 Å². The van der Waals surface area contributed by atoms with Gasteiger partial charge in [0.2, 0.25) is 0 Å². The van der Waals surface area contributed by atoms with Crippen molar-refractivity contribution in [2.75, 3.05) is 45.2 Å². The number of carbonyl (C=O) groups is 1. The summed E-state index contributed by atoms with van der Waals surface area (Å²) in [6.45, 7) is 5.01. The van der Waals surface area contributed by atoms with Gasteiger partial charge < -0.3 is 25.2 Å². The highest BCUT2D eigenvalue weighted by molar-refractivity contribution is 5.95. The Balaban J connectivity index is 1.15. The number of ether oxygens (including phenoxy) is 1. The van der Waals surface area contributed by atoms with Crippen LogP contribution in [0.15, 0.2) is 54.7 Å². The Morgan fingerprint density at radius 2 is 1.79 bits per heavy atom. The summed E-state index contributed by atoms with van der Waals surface area (Å²) < 4.78 is 5.24. The topological polar surface area (TPSA) is 68.9 Å². The summed E-state index contributed by atoms with van der Waals surface area (Å²) in [5.74, 6) is 1.02. The fourth-order valence-corrected chi connectivity index (χ4v) is 5.19. The van der Waals surface area contributed by atoms with E-state index in [0.29, 0.717) is 6.04 Å². The predicted molar refractivity (Wildman–Crippen MR) is 136 cm³/mol. The van der Waals surface area contributed by atoms with Gasteiger partial charge in [-0.2, -0.15) is 0 Å². The molecule has 34 heavy (non-hydrogen) atoms. The third-order valence-electron chi connectivity index (χ3n) is 7.13. The molecular formula is C27H35N5O2. The Morgan fingerprint density at radius 3 is 2.47 bits per heavy atom. The maximum atomic E-state index is 13.2. The minimum absolute atomic E-state index is 0.0769. The van der Waals surface area contributed by atoms with Crippen molar-refractivity contribution < 1.29 is 9.53 Å². The highest BCUT2D eigenvalue weighted by Gasteiger charge is 2.31. The van der Waals surface area contributed by atoms with Gasteiger partial charge in [-0.25, -0.2) is 0 Å². The van der Waals surface area contributed by atoms with E-state index in [4.69, 9.17) is 4.74 Å². The summed E-state index contributed by atoms with van der Waals surface area (Å²) >= 11 is 0. The van der Waals surface area contributed by atoms with Gasteiger partial charge in [0.25, 0.3) is 5.91 Å². The van der Waals surface area contributed by atoms with E-state index in [-0.39, 0.29) is 12.2 Å². The third-order valence-corrected chi connectivity index (χ3v) is 7.13. The number of hydrogen-bond acceptors (Lipinski definition) is 6. The van der Waals surface area contributed by atoms with Gasteiger partial charge in [0.15, 0.2) is 6.29 Å². The molecule has 2 saturated heterocycles. The molecule has 3 aliphatic heterocycles. The van der Waals surface area contributed by atoms with Gasteiger partial charge in [-0.3, -0.25) is 10.1 Å². The summed E-state index contributed by atoms with van der Waals surface area (Å²) in [4.78, 5) is 17.8. The second-order valence-corrected chi connectivity index (χ2v) is 9.40. The van der Waals surface area contributed by atoms with Gasteiger partial charge in [0.05, 0.1) is 7.11 Å². The molecule has 0 bridgehead atoms. The number of benzene rings is 2. The minimum Gasteiger partial charge on any atom is -0.497 e. The zero-order valence-corrected chi connectivity index (χ0v) is 19.9. The van der Waals surface area contributed by atoms with Crippen LogP contribution in [0, 0.1) is 0 Å². The normalized spacial score (nSPS) is 22.9. The highest BCUT2D eigenvalue weighted by Crippen LogP contribution is 2.24. The molecule has 0 spiro atoms. The van der Waals surface area contributed by atoms with Crippen LogP contribution in [0.3, 0.4) is 0 Å². The van der Waals surface area contributed by atoms with Crippen molar-refractivity contribution in [3.8, 4) is 5.75 Å². The second kappa shape index (κ2) is 10.5. The lowest BCUT2D eigenvalue weighted by molar-refractivity contribution is 0.0709. The Morgan fingerprint density at radius 1 is 1.03 bits per heavy atom. The van der Waals surface area contributed by atoms with Crippen molar-refractivity contribution in [2.45, 2.75) is 38.0 Å². The Bertz CT molecular complexity index is 999. The van der Waals surface area contributed by atoms with Crippen LogP contribution in [0.25, 0.3) is 5.57 Å². The molecule has 3 heterocycles. The molecule has 0 aliphatic carbocycles. The van der Waals surface area contributed by atoms with Crippen LogP contribution in [0.1, 0.15) is 41.6 Å². The summed E-state index contributed by atoms with van der Waals surface area (Å²) in [6.07, 6.45) is 6.77. The summed E-state index contributed by atoms with van der Waals surface area (Å²) in [6, 6.07) is 16.3. The molecule has 5 rings (SSSR count). The fraction of sp³-hybridized carbons (Fsp3) is 0.444. The van der Waals surface area contributed by atoms with E-state index in [1.807, 2.05) is 42.6 Å². The van der Waals surface area contributed by atoms with Crippen molar-refractivity contribution in [3.05, 3.63) is 65.9 Å². The number of nitrogens with zero attached hydrogens (tertiary/aromatic N) is 2. The molecule has 0 radical (unpaired) electrons. The molecule has 7 heteroatoms. The first-order chi connectivity index (χ1) is 16.7. The molecule has 180 valence electrons. The Kier molecular flexibility index (Phi) is 7.02. The molecule has 2 aromatic rings. The van der Waals surface area contributed by atoms with E-state index in [2.05, 4.69) is 37.9 Å². The van der Waals surface area contributed by atoms with E-state index in [1.165, 1.54) is 31.5 Å². The first-order valence-corrected chi connectivity index (χ1v) is 12.4. The van der Waals surface area contributed by atoms with Gasteiger partial charge >= 0.3 is 0 Å². The van der Waals surface area contributed by atoms with Crippen LogP contribution in [0.5, 0.6) is 5.75 Å². The van der Waals surface area contributed by atoms with Crippen molar-refractivity contribution in [3.63, 3.8) is 0 Å². The summed E-state index contributed by atoms with van der Waals surface area (Å²) in [5.41, 5.74) is 4.09. The van der Waals surface area contributed by atoms with Crippen LogP contribution in [-0.4, -0.2) is 67.9 Å². The van der Waals surface area contributed by atoms with Crippen molar-refractivity contribution in [1.29, 1.82) is 0 Å². The van der Waals surface area contributed by atoms with Crippen LogP contribution in [0.2, 0.25) is 0 Å². The minimum atomic E-state index is -0.0769. The van der Waals surface area contributed by atoms with Crippen molar-refractivity contribution >= 4 is 17.2 Å². The smallest absolute Gasteiger partial charge is 0.254 e. The average molecular weight is 462 g/mol. The van der Waals surface area contributed by atoms with Gasteiger partial charge in [0.1, 0.15) is 5.75 Å². The van der Waals surface area contributed by atoms with Gasteiger partial charge in [0, 0.05) is 43.1 Å². The van der Waals surface area contributed by atoms with E-state index < -0.39 is 0 Å². The van der Waals surface area contributed by atoms with E-state index in [1.54, 1.807) is 7.11 Å². The molecule has 7 nitrogen and oxygen atoms in total. The van der Waals surface area contributed by atoms with Gasteiger partial charge in [-0.15, -0.1) is 0 Å². The molecule has 2 fully saturated rings. The lowest BCUT2D eigenvalue weighted by atomic mass is 10.1. The summed E-state index contributed by atoms with van der Waals surface area (Å²) in [5, 5.41) is 10.3. The number of hydrogen-bond donors (Lipinski definition) is 3. The second-order valence-electron chi connectivity index (χ2n) is 9.40. The molecular weight excluding hydrogens is 426 g/mol. The van der Waals surface area contributed by atoms with Gasteiger partial charge in [-0.05, 0) is 86.3 Å². The van der Waals surface area contributed by atoms with Gasteiger partial charge in [-0.1, -0.05) is 12.1 Å². The number of anilines is 1. The Labute approximate surface area is 202 Å². The standard InChI is InChI=1S/C27H35N5O2/c1-34-25-12-8-20(9-13-25)22-17-28-27(29-18-22)30-23-10-6-21(7-11-23)26(33)32-16-4-5-24(32)19-31-14-2-3-15-31/h6-13,17,24,27-30H,2-5,14-16,18-19H2,1H3/t24-,27?/m0/s1. The van der Waals surface area contributed by atoms with Crippen LogP contribution < -0.4 is 20.7 Å². The van der Waals surface area contributed by atoms with E-state index in [0.717, 1.165) is 55.0 Å². The SMILES string of the molecule is COc1ccc(C2=CNC(Nc3ccc(C(=O)N4CCC[C@H]4CN4CCCC4)cc3)NC2)cc1. The zero-order valence-electron chi connectivity index (χ0n) is 19.9. The fourth-order valence-electron chi connectivity index (χ4n) is 5.19. The lowest BCUT2D eigenvalue weighted by Gasteiger charge is -2.29. The van der Waals surface area contributed by atoms with Crippen LogP contribution in [0.4, 0.5) is 5.69 Å². The molecule has 1 amide bonds. The number of nitrogens with one attached hydrogen (secondary N) is 3. The summed E-state index contributed by atoms with van der Waals surface area (Å²) in [7, 11) is 1.68. The number of methoxy groups -OCH3 is 1. The quantitative estimate of drug-likeness (QED) is 0.588. The molecule has 1 unspecified atom stereocenters. The Hall–Kier alpha value is -3.03. The maximum Gasteiger partial charge on any atom is 0.254 e. The maximum absolute atomic E-state index is 13.2. The molecule has 2 aromatic carbocycles. The van der Waals surface area contributed by atoms with Crippen LogP contribution >= 0.6 is 0 Å². The first kappa shape index (κ1) is 22.7.